The van der Waals surface area contributed by atoms with Crippen LogP contribution in [0.3, 0.4) is 0 Å². The van der Waals surface area contributed by atoms with Crippen molar-refractivity contribution in [3.05, 3.63) is 93.0 Å². The number of nitrogens with one attached hydrogen (secondary N) is 2. The molecule has 4 N–H and O–H groups in total. The molecule has 1 spiro atoms. The summed E-state index contributed by atoms with van der Waals surface area (Å²) in [7, 11) is 0. The van der Waals surface area contributed by atoms with Crippen molar-refractivity contribution in [3.63, 3.8) is 0 Å². The van der Waals surface area contributed by atoms with E-state index >= 15 is 0 Å². The Balaban J connectivity index is 1.42. The van der Waals surface area contributed by atoms with Crippen molar-refractivity contribution < 1.29 is 24.0 Å². The number of nitro groups is 1. The van der Waals surface area contributed by atoms with Crippen LogP contribution >= 0.6 is 11.6 Å². The lowest BCUT2D eigenvalue weighted by Crippen LogP contribution is -2.45. The smallest absolute Gasteiger partial charge is 0.412 e. The van der Waals surface area contributed by atoms with E-state index in [0.717, 1.165) is 11.6 Å². The summed E-state index contributed by atoms with van der Waals surface area (Å²) >= 11 is 6.22. The topological polar surface area (TPSA) is 157 Å². The largest absolute Gasteiger partial charge is 0.436 e. The molecule has 2 aliphatic rings. The van der Waals surface area contributed by atoms with Crippen LogP contribution in [0, 0.1) is 16.0 Å². The average molecular weight is 550 g/mol. The first-order valence-electron chi connectivity index (χ1n) is 12.1. The molecule has 0 radical (unpaired) electrons. The van der Waals surface area contributed by atoms with Gasteiger partial charge in [-0.2, -0.15) is 0 Å². The van der Waals surface area contributed by atoms with E-state index in [9.17, 15) is 24.5 Å². The van der Waals surface area contributed by atoms with Crippen molar-refractivity contribution in [2.24, 2.45) is 5.92 Å². The van der Waals surface area contributed by atoms with Gasteiger partial charge in [-0.1, -0.05) is 41.9 Å². The number of ether oxygens (including phenoxy) is 1. The van der Waals surface area contributed by atoms with Gasteiger partial charge in [0.2, 0.25) is 11.8 Å². The SMILES string of the molecule is Nc1cc([N+](=O)[O-])ccc1NC(=O)C(Cc1ccccc1)C(=O)N1CCC2(C1)OC(=O)Nc1ccc(Cl)cc12. The number of fused-ring (bicyclic) bond motifs is 2. The molecule has 1 saturated heterocycles. The molecule has 0 aliphatic carbocycles. The van der Waals surface area contributed by atoms with E-state index in [-0.39, 0.29) is 36.6 Å². The number of nitrogen functional groups attached to an aromatic ring is 1. The van der Waals surface area contributed by atoms with Gasteiger partial charge in [-0.3, -0.25) is 25.0 Å². The Hall–Kier alpha value is -4.64. The minimum atomic E-state index is -1.15. The molecule has 0 saturated carbocycles. The molecule has 5 rings (SSSR count). The predicted octanol–water partition coefficient (Wildman–Crippen LogP) is 4.32. The second-order valence-corrected chi connectivity index (χ2v) is 9.91. The second kappa shape index (κ2) is 10.3. The maximum Gasteiger partial charge on any atom is 0.412 e. The molecular weight excluding hydrogens is 526 g/mol. The van der Waals surface area contributed by atoms with Gasteiger partial charge in [0.15, 0.2) is 5.60 Å². The maximum atomic E-state index is 13.9. The molecule has 200 valence electrons. The van der Waals surface area contributed by atoms with Crippen molar-refractivity contribution in [2.45, 2.75) is 18.4 Å². The third kappa shape index (κ3) is 5.21. The summed E-state index contributed by atoms with van der Waals surface area (Å²) in [5, 5.41) is 16.8. The number of amides is 3. The standard InChI is InChI=1S/C27H24ClN5O6/c28-17-6-8-22-20(13-17)27(39-26(36)31-22)10-11-32(15-27)25(35)19(12-16-4-2-1-3-5-16)24(34)30-23-9-7-18(33(37)38)14-21(23)29/h1-9,13-14,19H,10-12,15,29H2,(H,30,34)(H,31,36). The molecule has 2 unspecified atom stereocenters. The van der Waals surface area contributed by atoms with E-state index in [1.54, 1.807) is 18.2 Å². The molecule has 1 fully saturated rings. The Morgan fingerprint density at radius 3 is 2.67 bits per heavy atom. The number of hydrogen-bond donors (Lipinski definition) is 3. The Labute approximate surface area is 228 Å². The van der Waals surface area contributed by atoms with Crippen LogP contribution < -0.4 is 16.4 Å². The second-order valence-electron chi connectivity index (χ2n) is 9.47. The lowest BCUT2D eigenvalue weighted by atomic mass is 9.90. The average Bonchev–Trinajstić information content (AvgIpc) is 3.33. The molecule has 12 heteroatoms. The van der Waals surface area contributed by atoms with Crippen LogP contribution in [0.15, 0.2) is 66.7 Å². The van der Waals surface area contributed by atoms with Crippen molar-refractivity contribution >= 4 is 52.3 Å². The first-order valence-corrected chi connectivity index (χ1v) is 12.5. The lowest BCUT2D eigenvalue weighted by Gasteiger charge is -2.35. The third-order valence-corrected chi connectivity index (χ3v) is 7.18. The fourth-order valence-corrected chi connectivity index (χ4v) is 5.18. The van der Waals surface area contributed by atoms with E-state index in [4.69, 9.17) is 22.1 Å². The van der Waals surface area contributed by atoms with Gasteiger partial charge in [-0.25, -0.2) is 4.79 Å². The van der Waals surface area contributed by atoms with Gasteiger partial charge in [-0.15, -0.1) is 0 Å². The fourth-order valence-electron chi connectivity index (χ4n) is 5.00. The predicted molar refractivity (Wildman–Crippen MR) is 144 cm³/mol. The zero-order chi connectivity index (χ0) is 27.7. The highest BCUT2D eigenvalue weighted by Gasteiger charge is 2.50. The van der Waals surface area contributed by atoms with Crippen molar-refractivity contribution in [2.75, 3.05) is 29.5 Å². The van der Waals surface area contributed by atoms with Gasteiger partial charge < -0.3 is 20.7 Å². The van der Waals surface area contributed by atoms with Crippen LogP contribution in [-0.2, 0) is 26.3 Å². The monoisotopic (exact) mass is 549 g/mol. The normalized spacial score (nSPS) is 18.6. The molecule has 0 bridgehead atoms. The van der Waals surface area contributed by atoms with E-state index in [0.29, 0.717) is 22.7 Å². The summed E-state index contributed by atoms with van der Waals surface area (Å²) in [5.74, 6) is -2.21. The van der Waals surface area contributed by atoms with Gasteiger partial charge in [0, 0.05) is 35.7 Å². The molecule has 3 aromatic carbocycles. The lowest BCUT2D eigenvalue weighted by molar-refractivity contribution is -0.384. The molecule has 2 atom stereocenters. The zero-order valence-electron chi connectivity index (χ0n) is 20.6. The Bertz CT molecular complexity index is 1480. The molecule has 2 heterocycles. The molecule has 39 heavy (non-hydrogen) atoms. The molecule has 0 aromatic heterocycles. The summed E-state index contributed by atoms with van der Waals surface area (Å²) in [6.07, 6.45) is -0.202. The van der Waals surface area contributed by atoms with E-state index in [2.05, 4.69) is 10.6 Å². The number of non-ortho nitro benzene ring substituents is 1. The highest BCUT2D eigenvalue weighted by molar-refractivity contribution is 6.30. The van der Waals surface area contributed by atoms with Crippen molar-refractivity contribution in [3.8, 4) is 0 Å². The Morgan fingerprint density at radius 1 is 1.18 bits per heavy atom. The summed E-state index contributed by atoms with van der Waals surface area (Å²) in [6, 6.07) is 17.8. The summed E-state index contributed by atoms with van der Waals surface area (Å²) in [4.78, 5) is 51.7. The number of nitrogens with two attached hydrogens (primary N) is 1. The third-order valence-electron chi connectivity index (χ3n) is 6.94. The van der Waals surface area contributed by atoms with Crippen LogP contribution in [0.25, 0.3) is 0 Å². The number of anilines is 3. The first kappa shape index (κ1) is 26.0. The summed E-state index contributed by atoms with van der Waals surface area (Å²) in [6.45, 7) is 0.293. The molecule has 3 aromatic rings. The van der Waals surface area contributed by atoms with Gasteiger partial charge in [-0.05, 0) is 36.2 Å². The van der Waals surface area contributed by atoms with Crippen LogP contribution in [0.1, 0.15) is 17.5 Å². The number of carbonyl (C=O) groups is 3. The van der Waals surface area contributed by atoms with Crippen LogP contribution in [-0.4, -0.2) is 40.8 Å². The molecule has 11 nitrogen and oxygen atoms in total. The van der Waals surface area contributed by atoms with Crippen molar-refractivity contribution in [1.29, 1.82) is 0 Å². The number of rotatable bonds is 6. The molecule has 2 aliphatic heterocycles. The van der Waals surface area contributed by atoms with Gasteiger partial charge in [0.05, 0.1) is 28.5 Å². The number of halogens is 1. The number of hydrogen-bond acceptors (Lipinski definition) is 7. The minimum absolute atomic E-state index is 0.00121. The van der Waals surface area contributed by atoms with Crippen molar-refractivity contribution in [1.82, 2.24) is 4.90 Å². The Kier molecular flexibility index (Phi) is 6.83. The fraction of sp³-hybridized carbons (Fsp3) is 0.222. The molecular formula is C27H24ClN5O6. The first-order chi connectivity index (χ1) is 18.6. The van der Waals surface area contributed by atoms with Gasteiger partial charge in [0.1, 0.15) is 5.92 Å². The van der Waals surface area contributed by atoms with Gasteiger partial charge >= 0.3 is 6.09 Å². The number of likely N-dealkylation sites (tertiary alicyclic amines) is 1. The van der Waals surface area contributed by atoms with Gasteiger partial charge in [0.25, 0.3) is 5.69 Å². The highest BCUT2D eigenvalue weighted by Crippen LogP contribution is 2.44. The minimum Gasteiger partial charge on any atom is -0.436 e. The van der Waals surface area contributed by atoms with E-state index in [1.165, 1.54) is 17.0 Å². The summed E-state index contributed by atoms with van der Waals surface area (Å²) in [5.41, 5.74) is 6.75. The van der Waals surface area contributed by atoms with E-state index < -0.39 is 34.3 Å². The number of nitro benzene ring substituents is 1. The summed E-state index contributed by atoms with van der Waals surface area (Å²) < 4.78 is 5.72. The van der Waals surface area contributed by atoms with Crippen LogP contribution in [0.5, 0.6) is 0 Å². The number of nitrogens with zero attached hydrogens (tertiary/aromatic N) is 2. The number of carbonyl (C=O) groups excluding carboxylic acids is 3. The van der Waals surface area contributed by atoms with E-state index in [1.807, 2.05) is 30.3 Å². The quantitative estimate of drug-likeness (QED) is 0.179. The highest BCUT2D eigenvalue weighted by atomic mass is 35.5. The van der Waals surface area contributed by atoms with Crippen LogP contribution in [0.4, 0.5) is 27.5 Å². The number of benzene rings is 3. The van der Waals surface area contributed by atoms with Crippen LogP contribution in [0.2, 0.25) is 5.02 Å². The molecule has 3 amide bonds. The Morgan fingerprint density at radius 2 is 1.95 bits per heavy atom. The zero-order valence-corrected chi connectivity index (χ0v) is 21.3. The maximum absolute atomic E-state index is 13.9.